The Morgan fingerprint density at radius 3 is 0.740 bits per heavy atom. The molecular formula is C99H73N5. The molecule has 0 spiro atoms. The van der Waals surface area contributed by atoms with Gasteiger partial charge in [0.2, 0.25) is 11.9 Å². The fourth-order valence-corrected chi connectivity index (χ4v) is 19.0. The van der Waals surface area contributed by atoms with Crippen molar-refractivity contribution in [3.8, 4) is 123 Å². The first kappa shape index (κ1) is 60.5. The van der Waals surface area contributed by atoms with Crippen LogP contribution in [-0.2, 0) is 21.7 Å². The first-order valence-corrected chi connectivity index (χ1v) is 36.6. The summed E-state index contributed by atoms with van der Waals surface area (Å²) >= 11 is 0. The molecule has 3 aromatic heterocycles. The SMILES string of the molecule is CC1(C)c2ccccc2-c2ccc(-c3ccc4c(c3)c3cc(-c5ccc6c(c5)C(C)(C)c5ccccc5-6)ccc3n4-c3nc(-c4ccccc4-c4ccccc4)nc(-n4c5ccc(-c6ccc7c(c6)C(C)(C)c6ccccc6-7)cc5c5cc(-c6ccc7c(c6)C(C)(C)c6ccccc6-7)ccc54)n3)cc21. The molecule has 0 saturated carbocycles. The van der Waals surface area contributed by atoms with Crippen LogP contribution in [0.4, 0.5) is 0 Å². The van der Waals surface area contributed by atoms with Crippen LogP contribution in [0.3, 0.4) is 0 Å². The minimum atomic E-state index is -0.156. The van der Waals surface area contributed by atoms with E-state index < -0.39 is 0 Å². The molecule has 0 saturated heterocycles. The summed E-state index contributed by atoms with van der Waals surface area (Å²) in [7, 11) is 0. The van der Waals surface area contributed by atoms with E-state index in [-0.39, 0.29) is 21.7 Å². The standard InChI is InChI=1S/C99H73N5/c1-96(2)81-30-18-14-25-68(81)72-42-34-63(54-85(72)96)59-38-46-89-77(50-59)78-51-60(64-35-43-73-69-26-15-19-31-82(69)97(3,4)86(73)55-64)39-47-90(78)103(89)94-100-93(76-29-13-12-24-67(76)58-22-10-9-11-23-58)101-95(102-94)104-91-48-40-61(65-36-44-74-70-27-16-20-32-83(70)98(5,6)87(74)56-65)52-79(91)80-53-62(41-49-92(80)104)66-37-45-75-71-28-17-21-33-84(71)99(7,8)88(75)57-66/h9-57H,1-8H3. The lowest BCUT2D eigenvalue weighted by Gasteiger charge is -2.22. The van der Waals surface area contributed by atoms with Crippen molar-refractivity contribution in [3.05, 3.63) is 342 Å². The van der Waals surface area contributed by atoms with Gasteiger partial charge >= 0.3 is 0 Å². The third-order valence-electron chi connectivity index (χ3n) is 24.5. The van der Waals surface area contributed by atoms with Gasteiger partial charge in [0.05, 0.1) is 22.1 Å². The quantitative estimate of drug-likeness (QED) is 0.152. The van der Waals surface area contributed by atoms with Gasteiger partial charge in [-0.3, -0.25) is 9.13 Å². The maximum absolute atomic E-state index is 5.87. The second-order valence-corrected chi connectivity index (χ2v) is 31.5. The van der Waals surface area contributed by atoms with Crippen LogP contribution in [0.25, 0.3) is 167 Å². The third kappa shape index (κ3) is 8.58. The first-order valence-electron chi connectivity index (χ1n) is 36.6. The average Bonchev–Trinajstić information content (AvgIpc) is 1.54. The van der Waals surface area contributed by atoms with E-state index in [1.165, 1.54) is 111 Å². The van der Waals surface area contributed by atoms with Gasteiger partial charge in [0.1, 0.15) is 0 Å². The number of aromatic nitrogens is 5. The van der Waals surface area contributed by atoms with Gasteiger partial charge < -0.3 is 0 Å². The number of nitrogens with zero attached hydrogens (tertiary/aromatic N) is 5. The second-order valence-electron chi connectivity index (χ2n) is 31.5. The van der Waals surface area contributed by atoms with Crippen molar-refractivity contribution in [2.24, 2.45) is 0 Å². The Bertz CT molecular complexity index is 5920. The summed E-state index contributed by atoms with van der Waals surface area (Å²) in [6, 6.07) is 111. The summed E-state index contributed by atoms with van der Waals surface area (Å²) in [5, 5.41) is 4.44. The number of hydrogen-bond acceptors (Lipinski definition) is 3. The minimum Gasteiger partial charge on any atom is -0.278 e. The minimum absolute atomic E-state index is 0.156. The summed E-state index contributed by atoms with van der Waals surface area (Å²) < 4.78 is 4.60. The fraction of sp³-hybridized carbons (Fsp3) is 0.121. The fourth-order valence-electron chi connectivity index (χ4n) is 19.0. The predicted octanol–water partition coefficient (Wildman–Crippen LogP) is 25.3. The summed E-state index contributed by atoms with van der Waals surface area (Å²) in [5.74, 6) is 1.62. The molecule has 0 aliphatic heterocycles. The predicted molar refractivity (Wildman–Crippen MR) is 431 cm³/mol. The lowest BCUT2D eigenvalue weighted by molar-refractivity contribution is 0.660. The molecule has 0 fully saturated rings. The lowest BCUT2D eigenvalue weighted by Crippen LogP contribution is -2.14. The Labute approximate surface area is 606 Å². The Hall–Kier alpha value is -12.3. The highest BCUT2D eigenvalue weighted by atomic mass is 15.3. The van der Waals surface area contributed by atoms with Crippen LogP contribution < -0.4 is 0 Å². The van der Waals surface area contributed by atoms with E-state index in [9.17, 15) is 0 Å². The Kier molecular flexibility index (Phi) is 12.6. The summed E-state index contributed by atoms with van der Waals surface area (Å²) in [5.41, 5.74) is 37.1. The van der Waals surface area contributed by atoms with E-state index >= 15 is 0 Å². The zero-order chi connectivity index (χ0) is 69.9. The number of rotatable bonds is 8. The van der Waals surface area contributed by atoms with E-state index in [1.54, 1.807) is 0 Å². The largest absolute Gasteiger partial charge is 0.278 e. The van der Waals surface area contributed by atoms with Gasteiger partial charge in [-0.15, -0.1) is 0 Å². The van der Waals surface area contributed by atoms with Crippen LogP contribution in [-0.4, -0.2) is 24.1 Å². The van der Waals surface area contributed by atoms with E-state index in [4.69, 9.17) is 15.0 Å². The Morgan fingerprint density at radius 2 is 0.433 bits per heavy atom. The van der Waals surface area contributed by atoms with Gasteiger partial charge in [-0.25, -0.2) is 0 Å². The van der Waals surface area contributed by atoms with Crippen molar-refractivity contribution < 1.29 is 0 Å². The number of benzene rings is 14. The van der Waals surface area contributed by atoms with Crippen molar-refractivity contribution in [2.75, 3.05) is 0 Å². The van der Waals surface area contributed by atoms with E-state index in [0.717, 1.165) is 82.6 Å². The normalized spacial score (nSPS) is 14.8. The van der Waals surface area contributed by atoms with Crippen molar-refractivity contribution in [1.82, 2.24) is 24.1 Å². The van der Waals surface area contributed by atoms with Gasteiger partial charge in [0.25, 0.3) is 0 Å². The zero-order valence-electron chi connectivity index (χ0n) is 59.5. The molecular weight excluding hydrogens is 1260 g/mol. The van der Waals surface area contributed by atoms with Crippen LogP contribution >= 0.6 is 0 Å². The van der Waals surface area contributed by atoms with Gasteiger partial charge in [0.15, 0.2) is 5.82 Å². The molecule has 3 heterocycles. The molecule has 5 nitrogen and oxygen atoms in total. The maximum Gasteiger partial charge on any atom is 0.240 e. The molecule has 4 aliphatic rings. The van der Waals surface area contributed by atoms with Crippen LogP contribution in [0.5, 0.6) is 0 Å². The van der Waals surface area contributed by atoms with Gasteiger partial charge in [-0.2, -0.15) is 15.0 Å². The topological polar surface area (TPSA) is 48.5 Å². The van der Waals surface area contributed by atoms with Crippen molar-refractivity contribution in [3.63, 3.8) is 0 Å². The molecule has 0 unspecified atom stereocenters. The van der Waals surface area contributed by atoms with E-state index in [2.05, 4.69) is 362 Å². The Balaban J connectivity index is 0.800. The van der Waals surface area contributed by atoms with Crippen molar-refractivity contribution in [1.29, 1.82) is 0 Å². The molecule has 0 bridgehead atoms. The van der Waals surface area contributed by atoms with Gasteiger partial charge in [0, 0.05) is 48.8 Å². The van der Waals surface area contributed by atoms with Gasteiger partial charge in [-0.05, 0) is 217 Å². The zero-order valence-corrected chi connectivity index (χ0v) is 59.5. The molecule has 0 radical (unpaired) electrons. The molecule has 5 heteroatoms. The first-order chi connectivity index (χ1) is 50.6. The second kappa shape index (κ2) is 21.6. The molecule has 0 N–H and O–H groups in total. The molecule has 0 atom stereocenters. The molecule has 104 heavy (non-hydrogen) atoms. The molecule has 0 amide bonds. The smallest absolute Gasteiger partial charge is 0.240 e. The number of fused-ring (bicyclic) bond motifs is 18. The molecule has 21 rings (SSSR count). The van der Waals surface area contributed by atoms with E-state index in [1.807, 2.05) is 0 Å². The highest BCUT2D eigenvalue weighted by molar-refractivity contribution is 6.13. The maximum atomic E-state index is 5.87. The van der Waals surface area contributed by atoms with Crippen molar-refractivity contribution in [2.45, 2.75) is 77.0 Å². The summed E-state index contributed by atoms with van der Waals surface area (Å²) in [4.78, 5) is 17.4. The molecule has 4 aliphatic carbocycles. The lowest BCUT2D eigenvalue weighted by atomic mass is 9.81. The molecule has 17 aromatic rings. The molecule has 494 valence electrons. The van der Waals surface area contributed by atoms with Crippen LogP contribution in [0, 0.1) is 0 Å². The Morgan fingerprint density at radius 1 is 0.192 bits per heavy atom. The third-order valence-corrected chi connectivity index (χ3v) is 24.5. The monoisotopic (exact) mass is 1330 g/mol. The van der Waals surface area contributed by atoms with E-state index in [0.29, 0.717) is 17.7 Å². The highest BCUT2D eigenvalue weighted by Crippen LogP contribution is 2.55. The van der Waals surface area contributed by atoms with Gasteiger partial charge in [-0.1, -0.05) is 280 Å². The molecule has 14 aromatic carbocycles. The number of hydrogen-bond donors (Lipinski definition) is 0. The van der Waals surface area contributed by atoms with Crippen LogP contribution in [0.1, 0.15) is 99.9 Å². The van der Waals surface area contributed by atoms with Crippen molar-refractivity contribution >= 4 is 43.6 Å². The van der Waals surface area contributed by atoms with Crippen LogP contribution in [0.2, 0.25) is 0 Å². The summed E-state index contributed by atoms with van der Waals surface area (Å²) in [6.07, 6.45) is 0. The summed E-state index contributed by atoms with van der Waals surface area (Å²) in [6.45, 7) is 18.9. The highest BCUT2D eigenvalue weighted by Gasteiger charge is 2.40. The average molecular weight is 1330 g/mol. The van der Waals surface area contributed by atoms with Crippen LogP contribution in [0.15, 0.2) is 297 Å².